The van der Waals surface area contributed by atoms with Gasteiger partial charge in [-0.2, -0.15) is 0 Å². The Morgan fingerprint density at radius 1 is 1.25 bits per heavy atom. The molecule has 4 rings (SSSR count). The van der Waals surface area contributed by atoms with Crippen LogP contribution in [0.25, 0.3) is 0 Å². The number of epoxide rings is 2. The predicted molar refractivity (Wildman–Crippen MR) is 72.4 cm³/mol. The Morgan fingerprint density at radius 3 is 2.70 bits per heavy atom. The minimum atomic E-state index is -0.668. The quantitative estimate of drug-likeness (QED) is 0.807. The second kappa shape index (κ2) is 3.77. The fourth-order valence-electron chi connectivity index (χ4n) is 5.00. The second-order valence-electron chi connectivity index (χ2n) is 7.95. The third kappa shape index (κ3) is 1.64. The fraction of sp³-hybridized carbons (Fsp3) is 0.938. The Hall–Kier alpha value is -0.610. The minimum absolute atomic E-state index is 0.0678. The SMILES string of the molecule is CC1(C)CC(C(=O)O)CC2OC21CC12CCCCC1O2. The Bertz CT molecular complexity index is 459. The van der Waals surface area contributed by atoms with Crippen molar-refractivity contribution in [3.05, 3.63) is 0 Å². The predicted octanol–water partition coefficient (Wildman–Crippen LogP) is 2.75. The number of aliphatic carboxylic acids is 1. The molecule has 0 aromatic rings. The number of hydrogen-bond donors (Lipinski definition) is 1. The van der Waals surface area contributed by atoms with E-state index in [2.05, 4.69) is 13.8 Å². The van der Waals surface area contributed by atoms with Crippen LogP contribution in [-0.4, -0.2) is 34.5 Å². The molecule has 2 aliphatic carbocycles. The molecule has 2 saturated heterocycles. The molecule has 1 N–H and O–H groups in total. The maximum absolute atomic E-state index is 11.3. The number of carboxylic acid groups (broad SMARTS) is 1. The van der Waals surface area contributed by atoms with E-state index < -0.39 is 5.97 Å². The molecule has 4 heteroatoms. The Balaban J connectivity index is 1.53. The van der Waals surface area contributed by atoms with Crippen LogP contribution in [0, 0.1) is 11.3 Å². The van der Waals surface area contributed by atoms with E-state index in [-0.39, 0.29) is 28.6 Å². The lowest BCUT2D eigenvalue weighted by Gasteiger charge is -2.39. The number of carbonyl (C=O) groups is 1. The van der Waals surface area contributed by atoms with Crippen LogP contribution < -0.4 is 0 Å². The lowest BCUT2D eigenvalue weighted by atomic mass is 9.61. The average molecular weight is 280 g/mol. The standard InChI is InChI=1S/C16H24O4/c1-14(2)8-10(13(17)18)7-12-16(14,20-12)9-15-6-4-3-5-11(15)19-15/h10-12H,3-9H2,1-2H3,(H,17,18). The molecule has 4 fully saturated rings. The minimum Gasteiger partial charge on any atom is -0.481 e. The van der Waals surface area contributed by atoms with Gasteiger partial charge in [-0.25, -0.2) is 0 Å². The molecule has 2 heterocycles. The molecule has 4 nitrogen and oxygen atoms in total. The largest absolute Gasteiger partial charge is 0.481 e. The number of fused-ring (bicyclic) bond motifs is 2. The van der Waals surface area contributed by atoms with Gasteiger partial charge < -0.3 is 14.6 Å². The Morgan fingerprint density at radius 2 is 2.05 bits per heavy atom. The molecular weight excluding hydrogens is 256 g/mol. The third-order valence-electron chi connectivity index (χ3n) is 6.35. The van der Waals surface area contributed by atoms with Gasteiger partial charge in [0.25, 0.3) is 0 Å². The first-order chi connectivity index (χ1) is 9.39. The summed E-state index contributed by atoms with van der Waals surface area (Å²) >= 11 is 0. The summed E-state index contributed by atoms with van der Waals surface area (Å²) in [7, 11) is 0. The second-order valence-corrected chi connectivity index (χ2v) is 7.95. The zero-order valence-corrected chi connectivity index (χ0v) is 12.4. The first kappa shape index (κ1) is 13.1. The summed E-state index contributed by atoms with van der Waals surface area (Å²) in [6, 6.07) is 0. The van der Waals surface area contributed by atoms with E-state index in [1.807, 2.05) is 0 Å². The van der Waals surface area contributed by atoms with E-state index in [1.54, 1.807) is 0 Å². The fourth-order valence-corrected chi connectivity index (χ4v) is 5.00. The first-order valence-electron chi connectivity index (χ1n) is 7.97. The highest BCUT2D eigenvalue weighted by atomic mass is 16.6. The van der Waals surface area contributed by atoms with Crippen molar-refractivity contribution in [3.63, 3.8) is 0 Å². The van der Waals surface area contributed by atoms with E-state index in [0.29, 0.717) is 12.5 Å². The van der Waals surface area contributed by atoms with Gasteiger partial charge in [-0.1, -0.05) is 26.7 Å². The number of ether oxygens (including phenoxy) is 2. The molecule has 0 radical (unpaired) electrons. The van der Waals surface area contributed by atoms with Crippen molar-refractivity contribution in [2.75, 3.05) is 0 Å². The van der Waals surface area contributed by atoms with Crippen molar-refractivity contribution in [1.82, 2.24) is 0 Å². The highest BCUT2D eigenvalue weighted by Gasteiger charge is 2.74. The molecule has 0 bridgehead atoms. The van der Waals surface area contributed by atoms with Crippen molar-refractivity contribution >= 4 is 5.97 Å². The number of rotatable bonds is 3. The van der Waals surface area contributed by atoms with Gasteiger partial charge in [0.1, 0.15) is 5.60 Å². The van der Waals surface area contributed by atoms with E-state index in [9.17, 15) is 9.90 Å². The molecule has 0 aromatic carbocycles. The van der Waals surface area contributed by atoms with Gasteiger partial charge in [0.15, 0.2) is 0 Å². The Labute approximate surface area is 119 Å². The Kier molecular flexibility index (Phi) is 2.47. The van der Waals surface area contributed by atoms with Crippen LogP contribution in [0.4, 0.5) is 0 Å². The van der Waals surface area contributed by atoms with E-state index in [4.69, 9.17) is 9.47 Å². The molecule has 4 aliphatic rings. The number of hydrogen-bond acceptors (Lipinski definition) is 3. The molecule has 0 aromatic heterocycles. The molecule has 2 aliphatic heterocycles. The molecule has 112 valence electrons. The molecule has 2 saturated carbocycles. The van der Waals surface area contributed by atoms with Crippen LogP contribution in [0.2, 0.25) is 0 Å². The highest BCUT2D eigenvalue weighted by molar-refractivity contribution is 5.70. The van der Waals surface area contributed by atoms with Crippen LogP contribution in [0.1, 0.15) is 58.8 Å². The van der Waals surface area contributed by atoms with E-state index in [0.717, 1.165) is 19.3 Å². The van der Waals surface area contributed by atoms with Gasteiger partial charge in [0.2, 0.25) is 0 Å². The van der Waals surface area contributed by atoms with Gasteiger partial charge in [-0.3, -0.25) is 4.79 Å². The monoisotopic (exact) mass is 280 g/mol. The van der Waals surface area contributed by atoms with Gasteiger partial charge >= 0.3 is 5.97 Å². The van der Waals surface area contributed by atoms with Crippen LogP contribution in [0.3, 0.4) is 0 Å². The lowest BCUT2D eigenvalue weighted by Crippen LogP contribution is -2.46. The summed E-state index contributed by atoms with van der Waals surface area (Å²) in [4.78, 5) is 11.3. The summed E-state index contributed by atoms with van der Waals surface area (Å²) in [5, 5.41) is 9.29. The average Bonchev–Trinajstić information content (AvgIpc) is 3.23. The molecule has 5 unspecified atom stereocenters. The van der Waals surface area contributed by atoms with Gasteiger partial charge in [0, 0.05) is 6.42 Å². The highest BCUT2D eigenvalue weighted by Crippen LogP contribution is 2.66. The molecular formula is C16H24O4. The van der Waals surface area contributed by atoms with E-state index >= 15 is 0 Å². The summed E-state index contributed by atoms with van der Waals surface area (Å²) in [5.74, 6) is -0.913. The maximum Gasteiger partial charge on any atom is 0.306 e. The summed E-state index contributed by atoms with van der Waals surface area (Å²) in [6.45, 7) is 4.36. The molecule has 0 amide bonds. The van der Waals surface area contributed by atoms with Crippen molar-refractivity contribution in [2.24, 2.45) is 11.3 Å². The molecule has 20 heavy (non-hydrogen) atoms. The van der Waals surface area contributed by atoms with Crippen LogP contribution in [0.15, 0.2) is 0 Å². The van der Waals surface area contributed by atoms with Gasteiger partial charge in [0.05, 0.1) is 23.7 Å². The van der Waals surface area contributed by atoms with Crippen LogP contribution >= 0.6 is 0 Å². The van der Waals surface area contributed by atoms with Crippen LogP contribution in [0.5, 0.6) is 0 Å². The summed E-state index contributed by atoms with van der Waals surface area (Å²) in [6.07, 6.45) is 7.86. The van der Waals surface area contributed by atoms with Crippen LogP contribution in [-0.2, 0) is 14.3 Å². The van der Waals surface area contributed by atoms with Crippen molar-refractivity contribution in [1.29, 1.82) is 0 Å². The van der Waals surface area contributed by atoms with Crippen molar-refractivity contribution in [3.8, 4) is 0 Å². The zero-order valence-electron chi connectivity index (χ0n) is 12.4. The van der Waals surface area contributed by atoms with Crippen molar-refractivity contribution < 1.29 is 19.4 Å². The lowest BCUT2D eigenvalue weighted by molar-refractivity contribution is -0.144. The summed E-state index contributed by atoms with van der Waals surface area (Å²) < 4.78 is 12.1. The first-order valence-corrected chi connectivity index (χ1v) is 7.97. The van der Waals surface area contributed by atoms with Gasteiger partial charge in [-0.05, 0) is 31.1 Å². The maximum atomic E-state index is 11.3. The third-order valence-corrected chi connectivity index (χ3v) is 6.35. The smallest absolute Gasteiger partial charge is 0.306 e. The normalized spacial score (nSPS) is 51.8. The molecule has 0 spiro atoms. The zero-order chi connectivity index (χ0) is 14.2. The van der Waals surface area contributed by atoms with Crippen molar-refractivity contribution in [2.45, 2.75) is 82.2 Å². The van der Waals surface area contributed by atoms with Gasteiger partial charge in [-0.15, -0.1) is 0 Å². The summed E-state index contributed by atoms with van der Waals surface area (Å²) in [5.41, 5.74) is -0.118. The van der Waals surface area contributed by atoms with E-state index in [1.165, 1.54) is 19.3 Å². The number of carboxylic acids is 1. The topological polar surface area (TPSA) is 62.4 Å². The molecule has 5 atom stereocenters.